The molecule has 1 N–H and O–H groups in total. The summed E-state index contributed by atoms with van der Waals surface area (Å²) in [6.07, 6.45) is 0. The largest absolute Gasteiger partial charge is 0.497 e. The van der Waals surface area contributed by atoms with E-state index in [1.54, 1.807) is 14.0 Å². The highest BCUT2D eigenvalue weighted by Crippen LogP contribution is 2.22. The van der Waals surface area contributed by atoms with Crippen molar-refractivity contribution in [2.75, 3.05) is 43.5 Å². The third-order valence-electron chi connectivity index (χ3n) is 4.87. The zero-order chi connectivity index (χ0) is 21.0. The molecule has 1 fully saturated rings. The number of anilines is 2. The number of aryl methyl sites for hydroxylation is 1. The van der Waals surface area contributed by atoms with Crippen LogP contribution in [0, 0.1) is 17.0 Å². The van der Waals surface area contributed by atoms with Gasteiger partial charge in [-0.05, 0) is 42.8 Å². The number of carbonyl (C=O) groups excluding carboxylic acids is 2. The Bertz CT molecular complexity index is 921. The topological polar surface area (TPSA) is 105 Å². The van der Waals surface area contributed by atoms with Crippen molar-refractivity contribution in [2.24, 2.45) is 0 Å². The van der Waals surface area contributed by atoms with Crippen LogP contribution in [0.5, 0.6) is 5.75 Å². The Hall–Kier alpha value is -3.62. The van der Waals surface area contributed by atoms with Gasteiger partial charge < -0.3 is 19.9 Å². The molecule has 0 radical (unpaired) electrons. The first kappa shape index (κ1) is 20.1. The van der Waals surface area contributed by atoms with Crippen LogP contribution in [0.2, 0.25) is 0 Å². The van der Waals surface area contributed by atoms with Crippen LogP contribution in [0.15, 0.2) is 42.5 Å². The van der Waals surface area contributed by atoms with Crippen LogP contribution in [-0.2, 0) is 9.59 Å². The number of carbonyl (C=O) groups is 2. The van der Waals surface area contributed by atoms with Gasteiger partial charge in [-0.1, -0.05) is 0 Å². The summed E-state index contributed by atoms with van der Waals surface area (Å²) in [7, 11) is 1.61. The van der Waals surface area contributed by atoms with Crippen molar-refractivity contribution in [2.45, 2.75) is 6.92 Å². The number of piperazine rings is 1. The van der Waals surface area contributed by atoms with E-state index in [9.17, 15) is 19.7 Å². The number of hydrogen-bond donors (Lipinski definition) is 1. The molecule has 2 amide bonds. The third kappa shape index (κ3) is 4.63. The Kier molecular flexibility index (Phi) is 5.96. The maximum absolute atomic E-state index is 12.5. The molecule has 1 aliphatic rings. The summed E-state index contributed by atoms with van der Waals surface area (Å²) in [6.45, 7) is 3.72. The number of non-ortho nitro benzene ring substituents is 1. The normalized spacial score (nSPS) is 13.7. The molecular weight excluding hydrogens is 376 g/mol. The van der Waals surface area contributed by atoms with E-state index >= 15 is 0 Å². The number of nitrogens with one attached hydrogen (secondary N) is 1. The predicted molar refractivity (Wildman–Crippen MR) is 108 cm³/mol. The van der Waals surface area contributed by atoms with Crippen molar-refractivity contribution in [3.8, 4) is 5.75 Å². The molecule has 3 rings (SSSR count). The molecular formula is C20H22N4O5. The Morgan fingerprint density at radius 1 is 1.07 bits per heavy atom. The van der Waals surface area contributed by atoms with E-state index in [4.69, 9.17) is 4.74 Å². The van der Waals surface area contributed by atoms with Gasteiger partial charge in [-0.2, -0.15) is 0 Å². The van der Waals surface area contributed by atoms with E-state index in [1.807, 2.05) is 24.3 Å². The molecule has 2 aromatic rings. The summed E-state index contributed by atoms with van der Waals surface area (Å²) in [5, 5.41) is 13.4. The SMILES string of the molecule is COc1ccc(N2CCN(C(=O)C(=O)Nc3ccc([N+](=O)[O-])cc3C)CC2)cc1. The van der Waals surface area contributed by atoms with Crippen molar-refractivity contribution in [3.05, 3.63) is 58.1 Å². The Morgan fingerprint density at radius 2 is 1.72 bits per heavy atom. The lowest BCUT2D eigenvalue weighted by Crippen LogP contribution is -2.51. The molecule has 1 aliphatic heterocycles. The summed E-state index contributed by atoms with van der Waals surface area (Å²) < 4.78 is 5.16. The third-order valence-corrected chi connectivity index (χ3v) is 4.87. The second-order valence-electron chi connectivity index (χ2n) is 6.69. The summed E-state index contributed by atoms with van der Waals surface area (Å²) in [4.78, 5) is 38.8. The summed E-state index contributed by atoms with van der Waals surface area (Å²) in [5.74, 6) is -0.585. The van der Waals surface area contributed by atoms with Gasteiger partial charge in [0.2, 0.25) is 0 Å². The lowest BCUT2D eigenvalue weighted by molar-refractivity contribution is -0.384. The Balaban J connectivity index is 1.57. The predicted octanol–water partition coefficient (Wildman–Crippen LogP) is 2.20. The van der Waals surface area contributed by atoms with E-state index in [-0.39, 0.29) is 5.69 Å². The highest BCUT2D eigenvalue weighted by Gasteiger charge is 2.26. The van der Waals surface area contributed by atoms with Gasteiger partial charge in [0.25, 0.3) is 5.69 Å². The number of amides is 2. The van der Waals surface area contributed by atoms with Gasteiger partial charge in [0.15, 0.2) is 0 Å². The van der Waals surface area contributed by atoms with Gasteiger partial charge in [0, 0.05) is 49.7 Å². The van der Waals surface area contributed by atoms with Crippen molar-refractivity contribution in [1.82, 2.24) is 4.90 Å². The van der Waals surface area contributed by atoms with E-state index in [0.717, 1.165) is 11.4 Å². The molecule has 1 heterocycles. The highest BCUT2D eigenvalue weighted by atomic mass is 16.6. The molecule has 0 saturated carbocycles. The first-order chi connectivity index (χ1) is 13.9. The lowest BCUT2D eigenvalue weighted by Gasteiger charge is -2.35. The van der Waals surface area contributed by atoms with E-state index in [0.29, 0.717) is 37.4 Å². The standard InChI is InChI=1S/C20H22N4O5/c1-14-13-16(24(27)28)5-8-18(14)21-19(25)20(26)23-11-9-22(10-12-23)15-3-6-17(29-2)7-4-15/h3-8,13H,9-12H2,1-2H3,(H,21,25). The molecule has 0 atom stereocenters. The first-order valence-electron chi connectivity index (χ1n) is 9.13. The zero-order valence-electron chi connectivity index (χ0n) is 16.3. The molecule has 0 aromatic heterocycles. The molecule has 29 heavy (non-hydrogen) atoms. The number of methoxy groups -OCH3 is 1. The molecule has 1 saturated heterocycles. The first-order valence-corrected chi connectivity index (χ1v) is 9.13. The van der Waals surface area contributed by atoms with Gasteiger partial charge in [0.1, 0.15) is 5.75 Å². The molecule has 0 spiro atoms. The van der Waals surface area contributed by atoms with Gasteiger partial charge in [-0.25, -0.2) is 0 Å². The van der Waals surface area contributed by atoms with E-state index in [1.165, 1.54) is 23.1 Å². The number of nitro benzene ring substituents is 1. The minimum Gasteiger partial charge on any atom is -0.497 e. The monoisotopic (exact) mass is 398 g/mol. The van der Waals surface area contributed by atoms with Crippen molar-refractivity contribution in [1.29, 1.82) is 0 Å². The lowest BCUT2D eigenvalue weighted by atomic mass is 10.1. The Labute approximate surface area is 168 Å². The fraction of sp³-hybridized carbons (Fsp3) is 0.300. The summed E-state index contributed by atoms with van der Waals surface area (Å²) in [6, 6.07) is 11.8. The molecule has 0 unspecified atom stereocenters. The van der Waals surface area contributed by atoms with Gasteiger partial charge in [0.05, 0.1) is 12.0 Å². The fourth-order valence-corrected chi connectivity index (χ4v) is 3.18. The molecule has 0 bridgehead atoms. The number of hydrogen-bond acceptors (Lipinski definition) is 6. The number of rotatable bonds is 4. The summed E-state index contributed by atoms with van der Waals surface area (Å²) in [5.41, 5.74) is 1.86. The van der Waals surface area contributed by atoms with Gasteiger partial charge >= 0.3 is 11.8 Å². The Morgan fingerprint density at radius 3 is 2.28 bits per heavy atom. The fourth-order valence-electron chi connectivity index (χ4n) is 3.18. The van der Waals surface area contributed by atoms with Crippen molar-refractivity contribution in [3.63, 3.8) is 0 Å². The average molecular weight is 398 g/mol. The second-order valence-corrected chi connectivity index (χ2v) is 6.69. The zero-order valence-corrected chi connectivity index (χ0v) is 16.3. The molecule has 0 aliphatic carbocycles. The summed E-state index contributed by atoms with van der Waals surface area (Å²) >= 11 is 0. The van der Waals surface area contributed by atoms with Crippen LogP contribution < -0.4 is 15.0 Å². The maximum Gasteiger partial charge on any atom is 0.313 e. The number of ether oxygens (including phenoxy) is 1. The second kappa shape index (κ2) is 8.59. The van der Waals surface area contributed by atoms with E-state index in [2.05, 4.69) is 10.2 Å². The number of nitro groups is 1. The van der Waals surface area contributed by atoms with Crippen LogP contribution in [0.3, 0.4) is 0 Å². The molecule has 9 nitrogen and oxygen atoms in total. The molecule has 2 aromatic carbocycles. The van der Waals surface area contributed by atoms with Crippen LogP contribution in [0.1, 0.15) is 5.56 Å². The molecule has 9 heteroatoms. The highest BCUT2D eigenvalue weighted by molar-refractivity contribution is 6.39. The van der Waals surface area contributed by atoms with Crippen molar-refractivity contribution >= 4 is 28.9 Å². The quantitative estimate of drug-likeness (QED) is 0.481. The number of nitrogens with zero attached hydrogens (tertiary/aromatic N) is 3. The smallest absolute Gasteiger partial charge is 0.313 e. The van der Waals surface area contributed by atoms with E-state index < -0.39 is 16.7 Å². The molecule has 152 valence electrons. The minimum absolute atomic E-state index is 0.0681. The van der Waals surface area contributed by atoms with Crippen LogP contribution in [0.25, 0.3) is 0 Å². The number of benzene rings is 2. The van der Waals surface area contributed by atoms with Crippen LogP contribution >= 0.6 is 0 Å². The van der Waals surface area contributed by atoms with Gasteiger partial charge in [-0.3, -0.25) is 19.7 Å². The minimum atomic E-state index is -0.750. The van der Waals surface area contributed by atoms with Crippen LogP contribution in [-0.4, -0.2) is 54.9 Å². The van der Waals surface area contributed by atoms with Crippen LogP contribution in [0.4, 0.5) is 17.1 Å². The maximum atomic E-state index is 12.5. The van der Waals surface area contributed by atoms with Gasteiger partial charge in [-0.15, -0.1) is 0 Å². The average Bonchev–Trinajstić information content (AvgIpc) is 2.74. The van der Waals surface area contributed by atoms with Crippen molar-refractivity contribution < 1.29 is 19.2 Å².